The summed E-state index contributed by atoms with van der Waals surface area (Å²) in [7, 11) is 1.90. The van der Waals surface area contributed by atoms with Crippen molar-refractivity contribution in [1.29, 1.82) is 0 Å². The van der Waals surface area contributed by atoms with E-state index in [0.717, 1.165) is 13.2 Å². The van der Waals surface area contributed by atoms with E-state index in [1.165, 1.54) is 0 Å². The van der Waals surface area contributed by atoms with Crippen LogP contribution in [0.5, 0.6) is 0 Å². The van der Waals surface area contributed by atoms with E-state index in [1.54, 1.807) is 6.08 Å². The van der Waals surface area contributed by atoms with Gasteiger partial charge >= 0.3 is 0 Å². The molecule has 0 fully saturated rings. The predicted octanol–water partition coefficient (Wildman–Crippen LogP) is 0.797. The Morgan fingerprint density at radius 1 is 1.78 bits per heavy atom. The van der Waals surface area contributed by atoms with Gasteiger partial charge in [-0.25, -0.2) is 0 Å². The molecule has 2 heteroatoms. The van der Waals surface area contributed by atoms with Gasteiger partial charge in [0.05, 0.1) is 12.7 Å². The van der Waals surface area contributed by atoms with Crippen LogP contribution in [-0.4, -0.2) is 26.3 Å². The monoisotopic (exact) mass is 129 g/mol. The second-order valence-electron chi connectivity index (χ2n) is 1.92. The van der Waals surface area contributed by atoms with Crippen LogP contribution in [0.25, 0.3) is 0 Å². The molecule has 0 aromatic carbocycles. The third-order valence-electron chi connectivity index (χ3n) is 1.06. The Kier molecular flexibility index (Phi) is 5.57. The number of hydrogen-bond donors (Lipinski definition) is 1. The second-order valence-corrected chi connectivity index (χ2v) is 1.92. The van der Waals surface area contributed by atoms with E-state index in [-0.39, 0.29) is 6.10 Å². The molecule has 0 aliphatic heterocycles. The Balaban J connectivity index is 2.96. The summed E-state index contributed by atoms with van der Waals surface area (Å²) < 4.78 is 5.25. The maximum absolute atomic E-state index is 5.25. The summed E-state index contributed by atoms with van der Waals surface area (Å²) in [5.74, 6) is 0. The molecule has 54 valence electrons. The van der Waals surface area contributed by atoms with E-state index in [0.29, 0.717) is 0 Å². The maximum atomic E-state index is 5.25. The van der Waals surface area contributed by atoms with Crippen LogP contribution in [0.15, 0.2) is 12.7 Å². The van der Waals surface area contributed by atoms with Gasteiger partial charge in [-0.05, 0) is 14.0 Å². The number of nitrogens with one attached hydrogen (secondary N) is 1. The highest BCUT2D eigenvalue weighted by Gasteiger charge is 1.91. The summed E-state index contributed by atoms with van der Waals surface area (Å²) in [6.45, 7) is 7.22. The number of rotatable bonds is 5. The van der Waals surface area contributed by atoms with Gasteiger partial charge in [0.1, 0.15) is 0 Å². The first-order chi connectivity index (χ1) is 4.31. The number of likely N-dealkylation sites (N-methyl/N-ethyl adjacent to an activating group) is 1. The van der Waals surface area contributed by atoms with Crippen LogP contribution in [0.1, 0.15) is 6.92 Å². The molecular formula is C7H15NO. The standard InChI is InChI=1S/C7H15NO/c1-4-7(2)9-6-5-8-3/h4,7-8H,1,5-6H2,2-3H3. The number of hydrogen-bond acceptors (Lipinski definition) is 2. The second kappa shape index (κ2) is 5.79. The molecule has 0 spiro atoms. The lowest BCUT2D eigenvalue weighted by molar-refractivity contribution is 0.101. The molecule has 0 aliphatic carbocycles. The molecule has 1 unspecified atom stereocenters. The van der Waals surface area contributed by atoms with Crippen LogP contribution in [-0.2, 0) is 4.74 Å². The first-order valence-electron chi connectivity index (χ1n) is 3.20. The van der Waals surface area contributed by atoms with Crippen LogP contribution in [0.2, 0.25) is 0 Å². The molecule has 0 radical (unpaired) electrons. The van der Waals surface area contributed by atoms with E-state index < -0.39 is 0 Å². The Morgan fingerprint density at radius 2 is 2.44 bits per heavy atom. The van der Waals surface area contributed by atoms with Gasteiger partial charge in [0.25, 0.3) is 0 Å². The van der Waals surface area contributed by atoms with Gasteiger partial charge < -0.3 is 10.1 Å². The van der Waals surface area contributed by atoms with Crippen LogP contribution in [0.4, 0.5) is 0 Å². The summed E-state index contributed by atoms with van der Waals surface area (Å²) >= 11 is 0. The summed E-state index contributed by atoms with van der Waals surface area (Å²) in [6.07, 6.45) is 1.97. The van der Waals surface area contributed by atoms with Crippen molar-refractivity contribution in [2.75, 3.05) is 20.2 Å². The fourth-order valence-electron chi connectivity index (χ4n) is 0.415. The van der Waals surface area contributed by atoms with Gasteiger partial charge in [0, 0.05) is 6.54 Å². The SMILES string of the molecule is C=CC(C)OCCNC. The summed E-state index contributed by atoms with van der Waals surface area (Å²) in [5.41, 5.74) is 0. The van der Waals surface area contributed by atoms with Crippen molar-refractivity contribution < 1.29 is 4.74 Å². The van der Waals surface area contributed by atoms with Crippen molar-refractivity contribution >= 4 is 0 Å². The highest BCUT2D eigenvalue weighted by Crippen LogP contribution is 1.88. The van der Waals surface area contributed by atoms with Gasteiger partial charge in [-0.15, -0.1) is 6.58 Å². The molecular weight excluding hydrogens is 114 g/mol. The largest absolute Gasteiger partial charge is 0.373 e. The average molecular weight is 129 g/mol. The zero-order valence-corrected chi connectivity index (χ0v) is 6.18. The highest BCUT2D eigenvalue weighted by molar-refractivity contribution is 4.74. The average Bonchev–Trinajstić information content (AvgIpc) is 1.89. The van der Waals surface area contributed by atoms with Crippen molar-refractivity contribution in [2.45, 2.75) is 13.0 Å². The molecule has 1 atom stereocenters. The van der Waals surface area contributed by atoms with Gasteiger partial charge in [-0.2, -0.15) is 0 Å². The lowest BCUT2D eigenvalue weighted by Gasteiger charge is -2.06. The topological polar surface area (TPSA) is 21.3 Å². The van der Waals surface area contributed by atoms with Crippen molar-refractivity contribution in [3.05, 3.63) is 12.7 Å². The van der Waals surface area contributed by atoms with E-state index in [2.05, 4.69) is 11.9 Å². The van der Waals surface area contributed by atoms with Crippen molar-refractivity contribution in [1.82, 2.24) is 5.32 Å². The summed E-state index contributed by atoms with van der Waals surface area (Å²) in [5, 5.41) is 2.99. The molecule has 9 heavy (non-hydrogen) atoms. The van der Waals surface area contributed by atoms with Crippen molar-refractivity contribution in [3.63, 3.8) is 0 Å². The zero-order chi connectivity index (χ0) is 7.11. The molecule has 0 bridgehead atoms. The minimum Gasteiger partial charge on any atom is -0.373 e. The summed E-state index contributed by atoms with van der Waals surface area (Å²) in [4.78, 5) is 0. The van der Waals surface area contributed by atoms with Gasteiger partial charge in [-0.3, -0.25) is 0 Å². The van der Waals surface area contributed by atoms with E-state index in [9.17, 15) is 0 Å². The Morgan fingerprint density at radius 3 is 2.89 bits per heavy atom. The van der Waals surface area contributed by atoms with Crippen molar-refractivity contribution in [2.24, 2.45) is 0 Å². The molecule has 0 rings (SSSR count). The van der Waals surface area contributed by atoms with E-state index >= 15 is 0 Å². The third kappa shape index (κ3) is 5.53. The van der Waals surface area contributed by atoms with Crippen LogP contribution in [0, 0.1) is 0 Å². The zero-order valence-electron chi connectivity index (χ0n) is 6.18. The lowest BCUT2D eigenvalue weighted by atomic mass is 10.4. The molecule has 0 aromatic heterocycles. The molecule has 0 aliphatic rings. The van der Waals surface area contributed by atoms with E-state index in [4.69, 9.17) is 4.74 Å². The van der Waals surface area contributed by atoms with Crippen LogP contribution in [0.3, 0.4) is 0 Å². The number of ether oxygens (including phenoxy) is 1. The maximum Gasteiger partial charge on any atom is 0.0725 e. The van der Waals surface area contributed by atoms with Gasteiger partial charge in [-0.1, -0.05) is 6.08 Å². The van der Waals surface area contributed by atoms with Gasteiger partial charge in [0.15, 0.2) is 0 Å². The van der Waals surface area contributed by atoms with Gasteiger partial charge in [0.2, 0.25) is 0 Å². The van der Waals surface area contributed by atoms with Crippen LogP contribution < -0.4 is 5.32 Å². The minimum atomic E-state index is 0.179. The molecule has 0 heterocycles. The first kappa shape index (κ1) is 8.66. The molecule has 0 aromatic rings. The molecule has 1 N–H and O–H groups in total. The summed E-state index contributed by atoms with van der Waals surface area (Å²) in [6, 6.07) is 0. The lowest BCUT2D eigenvalue weighted by Crippen LogP contribution is -2.17. The smallest absolute Gasteiger partial charge is 0.0725 e. The first-order valence-corrected chi connectivity index (χ1v) is 3.20. The molecule has 0 amide bonds. The predicted molar refractivity (Wildman–Crippen MR) is 39.5 cm³/mol. The highest BCUT2D eigenvalue weighted by atomic mass is 16.5. The Labute approximate surface area is 56.9 Å². The quantitative estimate of drug-likeness (QED) is 0.438. The van der Waals surface area contributed by atoms with Crippen molar-refractivity contribution in [3.8, 4) is 0 Å². The normalized spacial score (nSPS) is 13.1. The Bertz CT molecular complexity index is 73.3. The Hall–Kier alpha value is -0.340. The molecule has 0 saturated heterocycles. The third-order valence-corrected chi connectivity index (χ3v) is 1.06. The fourth-order valence-corrected chi connectivity index (χ4v) is 0.415. The fraction of sp³-hybridized carbons (Fsp3) is 0.714. The van der Waals surface area contributed by atoms with Crippen LogP contribution >= 0.6 is 0 Å². The minimum absolute atomic E-state index is 0.179. The van der Waals surface area contributed by atoms with E-state index in [1.807, 2.05) is 14.0 Å². The molecule has 2 nitrogen and oxygen atoms in total. The molecule has 0 saturated carbocycles.